The lowest BCUT2D eigenvalue weighted by Crippen LogP contribution is -2.54. The minimum atomic E-state index is -3.19. The number of halogens is 1. The van der Waals surface area contributed by atoms with Crippen molar-refractivity contribution < 1.29 is 12.8 Å². The Morgan fingerprint density at radius 3 is 2.81 bits per heavy atom. The Hall–Kier alpha value is -1.21. The Bertz CT molecular complexity index is 579. The summed E-state index contributed by atoms with van der Waals surface area (Å²) >= 11 is 0. The van der Waals surface area contributed by atoms with Gasteiger partial charge < -0.3 is 4.90 Å². The van der Waals surface area contributed by atoms with E-state index < -0.39 is 10.0 Å². The van der Waals surface area contributed by atoms with Gasteiger partial charge in [0.2, 0.25) is 10.0 Å². The number of nitrogens with zero attached hydrogens (tertiary/aromatic N) is 3. The summed E-state index contributed by atoms with van der Waals surface area (Å²) in [7, 11) is -3.19. The molecule has 1 fully saturated rings. The molecule has 0 N–H and O–H groups in total. The van der Waals surface area contributed by atoms with Crippen molar-refractivity contribution in [2.24, 2.45) is 0 Å². The predicted octanol–water partition coefficient (Wildman–Crippen LogP) is 1.86. The first-order chi connectivity index (χ1) is 9.95. The number of unbranched alkanes of at least 4 members (excludes halogenated alkanes) is 1. The Kier molecular flexibility index (Phi) is 5.16. The summed E-state index contributed by atoms with van der Waals surface area (Å²) in [5.74, 6) is -0.175. The van der Waals surface area contributed by atoms with Crippen LogP contribution in [0, 0.1) is 5.82 Å². The highest BCUT2D eigenvalue weighted by molar-refractivity contribution is 7.89. The summed E-state index contributed by atoms with van der Waals surface area (Å²) in [6.07, 6.45) is 4.27. The molecule has 7 heteroatoms. The highest BCUT2D eigenvalue weighted by Gasteiger charge is 2.31. The van der Waals surface area contributed by atoms with E-state index >= 15 is 0 Å². The summed E-state index contributed by atoms with van der Waals surface area (Å²) in [6, 6.07) is 1.57. The molecule has 118 valence electrons. The fourth-order valence-corrected chi connectivity index (χ4v) is 4.31. The molecule has 0 amide bonds. The molecule has 1 aliphatic heterocycles. The average molecular weight is 315 g/mol. The zero-order valence-corrected chi connectivity index (χ0v) is 13.3. The third kappa shape index (κ3) is 3.71. The molecule has 1 unspecified atom stereocenters. The van der Waals surface area contributed by atoms with Gasteiger partial charge in [-0.2, -0.15) is 4.31 Å². The van der Waals surface area contributed by atoms with Gasteiger partial charge in [-0.05, 0) is 19.4 Å². The fourth-order valence-electron chi connectivity index (χ4n) is 2.59. The van der Waals surface area contributed by atoms with Crippen LogP contribution >= 0.6 is 0 Å². The van der Waals surface area contributed by atoms with Gasteiger partial charge in [0.25, 0.3) is 0 Å². The van der Waals surface area contributed by atoms with Crippen LogP contribution in [0.5, 0.6) is 0 Å². The van der Waals surface area contributed by atoms with Gasteiger partial charge in [-0.15, -0.1) is 0 Å². The van der Waals surface area contributed by atoms with E-state index in [9.17, 15) is 12.8 Å². The Morgan fingerprint density at radius 2 is 2.19 bits per heavy atom. The van der Waals surface area contributed by atoms with Crippen LogP contribution in [-0.4, -0.2) is 49.1 Å². The van der Waals surface area contributed by atoms with Gasteiger partial charge in [-0.3, -0.25) is 4.98 Å². The molecule has 1 aliphatic rings. The zero-order chi connectivity index (χ0) is 15.5. The van der Waals surface area contributed by atoms with Gasteiger partial charge in [-0.1, -0.05) is 13.3 Å². The van der Waals surface area contributed by atoms with E-state index in [4.69, 9.17) is 0 Å². The minimum Gasteiger partial charge on any atom is -0.364 e. The van der Waals surface area contributed by atoms with Crippen molar-refractivity contribution in [3.05, 3.63) is 24.3 Å². The third-order valence-corrected chi connectivity index (χ3v) is 5.72. The van der Waals surface area contributed by atoms with Gasteiger partial charge in [-0.25, -0.2) is 12.8 Å². The minimum absolute atomic E-state index is 0.0629. The van der Waals surface area contributed by atoms with Crippen LogP contribution in [0.1, 0.15) is 26.7 Å². The Balaban J connectivity index is 2.08. The number of rotatable bonds is 5. The number of sulfonamides is 1. The summed E-state index contributed by atoms with van der Waals surface area (Å²) in [6.45, 7) is 5.18. The van der Waals surface area contributed by atoms with Crippen molar-refractivity contribution in [1.82, 2.24) is 9.29 Å². The summed E-state index contributed by atoms with van der Waals surface area (Å²) < 4.78 is 39.8. The standard InChI is InChI=1S/C14H22FN3O2S/c1-3-4-9-21(19,20)17-7-8-18(12(2)11-17)14-5-6-16-10-13(14)15/h5-6,10,12H,3-4,7-9,11H2,1-2H3. The van der Waals surface area contributed by atoms with E-state index in [0.29, 0.717) is 31.7 Å². The van der Waals surface area contributed by atoms with Crippen molar-refractivity contribution >= 4 is 15.7 Å². The largest absolute Gasteiger partial charge is 0.364 e. The van der Waals surface area contributed by atoms with E-state index in [2.05, 4.69) is 4.98 Å². The summed E-state index contributed by atoms with van der Waals surface area (Å²) in [5.41, 5.74) is 0.489. The first-order valence-corrected chi connectivity index (χ1v) is 8.90. The van der Waals surface area contributed by atoms with Crippen molar-refractivity contribution in [2.75, 3.05) is 30.3 Å². The number of piperazine rings is 1. The number of hydrogen-bond donors (Lipinski definition) is 0. The molecule has 21 heavy (non-hydrogen) atoms. The third-order valence-electron chi connectivity index (χ3n) is 3.80. The quantitative estimate of drug-likeness (QED) is 0.832. The van der Waals surface area contributed by atoms with Crippen LogP contribution in [0.3, 0.4) is 0 Å². The van der Waals surface area contributed by atoms with E-state index in [0.717, 1.165) is 6.42 Å². The number of hydrogen-bond acceptors (Lipinski definition) is 4. The molecular formula is C14H22FN3O2S. The Morgan fingerprint density at radius 1 is 1.43 bits per heavy atom. The van der Waals surface area contributed by atoms with Crippen LogP contribution in [0.4, 0.5) is 10.1 Å². The van der Waals surface area contributed by atoms with Crippen molar-refractivity contribution in [3.8, 4) is 0 Å². The molecule has 1 atom stereocenters. The first-order valence-electron chi connectivity index (χ1n) is 7.29. The first kappa shape index (κ1) is 16.2. The zero-order valence-electron chi connectivity index (χ0n) is 12.5. The molecule has 0 aliphatic carbocycles. The monoisotopic (exact) mass is 315 g/mol. The van der Waals surface area contributed by atoms with Crippen LogP contribution in [0.2, 0.25) is 0 Å². The average Bonchev–Trinajstić information content (AvgIpc) is 2.46. The van der Waals surface area contributed by atoms with Gasteiger partial charge in [0.15, 0.2) is 5.82 Å². The second-order valence-corrected chi connectivity index (χ2v) is 7.49. The predicted molar refractivity (Wildman–Crippen MR) is 81.3 cm³/mol. The van der Waals surface area contributed by atoms with Crippen molar-refractivity contribution in [1.29, 1.82) is 0 Å². The molecule has 2 heterocycles. The lowest BCUT2D eigenvalue weighted by atomic mass is 10.2. The summed E-state index contributed by atoms with van der Waals surface area (Å²) in [4.78, 5) is 5.65. The SMILES string of the molecule is CCCCS(=O)(=O)N1CCN(c2ccncc2F)C(C)C1. The van der Waals surface area contributed by atoms with E-state index in [1.54, 1.807) is 12.3 Å². The van der Waals surface area contributed by atoms with Crippen molar-refractivity contribution in [3.63, 3.8) is 0 Å². The van der Waals surface area contributed by atoms with Crippen molar-refractivity contribution in [2.45, 2.75) is 32.7 Å². The van der Waals surface area contributed by atoms with E-state index in [-0.39, 0.29) is 17.6 Å². The molecule has 0 aromatic carbocycles. The molecule has 5 nitrogen and oxygen atoms in total. The molecule has 1 saturated heterocycles. The van der Waals surface area contributed by atoms with E-state index in [1.807, 2.05) is 18.7 Å². The topological polar surface area (TPSA) is 53.5 Å². The molecule has 1 aromatic heterocycles. The molecule has 0 spiro atoms. The van der Waals surface area contributed by atoms with Crippen LogP contribution in [0.15, 0.2) is 18.5 Å². The maximum Gasteiger partial charge on any atom is 0.214 e. The van der Waals surface area contributed by atoms with Gasteiger partial charge in [0, 0.05) is 31.9 Å². The molecule has 1 aromatic rings. The number of anilines is 1. The summed E-state index contributed by atoms with van der Waals surface area (Å²) in [5, 5.41) is 0. The Labute approximate surface area is 125 Å². The second-order valence-electron chi connectivity index (χ2n) is 5.40. The fraction of sp³-hybridized carbons (Fsp3) is 0.643. The van der Waals surface area contributed by atoms with Crippen LogP contribution < -0.4 is 4.90 Å². The van der Waals surface area contributed by atoms with Crippen LogP contribution in [0.25, 0.3) is 0 Å². The second kappa shape index (κ2) is 6.70. The number of aromatic nitrogens is 1. The lowest BCUT2D eigenvalue weighted by Gasteiger charge is -2.40. The molecule has 0 saturated carbocycles. The molecule has 0 radical (unpaired) electrons. The highest BCUT2D eigenvalue weighted by Crippen LogP contribution is 2.24. The van der Waals surface area contributed by atoms with E-state index in [1.165, 1.54) is 10.5 Å². The molecule has 2 rings (SSSR count). The maximum absolute atomic E-state index is 13.8. The molecule has 0 bridgehead atoms. The molecular weight excluding hydrogens is 293 g/mol. The van der Waals surface area contributed by atoms with Gasteiger partial charge in [0.1, 0.15) is 0 Å². The van der Waals surface area contributed by atoms with Gasteiger partial charge in [0.05, 0.1) is 17.6 Å². The smallest absolute Gasteiger partial charge is 0.214 e. The highest BCUT2D eigenvalue weighted by atomic mass is 32.2. The van der Waals surface area contributed by atoms with Crippen LogP contribution in [-0.2, 0) is 10.0 Å². The lowest BCUT2D eigenvalue weighted by molar-refractivity contribution is 0.340. The maximum atomic E-state index is 13.8. The number of pyridine rings is 1. The van der Waals surface area contributed by atoms with Gasteiger partial charge >= 0.3 is 0 Å². The normalized spacial score (nSPS) is 20.7.